The molecule has 0 spiro atoms. The molecule has 88 valence electrons. The molecule has 0 atom stereocenters. The maximum absolute atomic E-state index is 2.18. The summed E-state index contributed by atoms with van der Waals surface area (Å²) >= 11 is 0. The zero-order chi connectivity index (χ0) is 10.8. The summed E-state index contributed by atoms with van der Waals surface area (Å²) in [6.45, 7) is 16.9. The first-order chi connectivity index (χ1) is 5.74. The summed E-state index contributed by atoms with van der Waals surface area (Å²) in [6, 6.07) is 0. The second-order valence-electron chi connectivity index (χ2n) is 2.41. The van der Waals surface area contributed by atoms with Gasteiger partial charge in [0.15, 0.2) is 0 Å². The molecule has 0 aromatic rings. The van der Waals surface area contributed by atoms with E-state index in [1.165, 1.54) is 25.7 Å². The second kappa shape index (κ2) is 90.8. The van der Waals surface area contributed by atoms with E-state index in [0.29, 0.717) is 0 Å². The minimum absolute atomic E-state index is 0. The first-order valence-electron chi connectivity index (χ1n) is 5.74. The van der Waals surface area contributed by atoms with Crippen LogP contribution in [0.4, 0.5) is 0 Å². The van der Waals surface area contributed by atoms with E-state index in [4.69, 9.17) is 0 Å². The Morgan fingerprint density at radius 3 is 0.615 bits per heavy atom. The van der Waals surface area contributed by atoms with Crippen LogP contribution in [0.2, 0.25) is 0 Å². The van der Waals surface area contributed by atoms with Gasteiger partial charge in [0, 0.05) is 0 Å². The zero-order valence-electron chi connectivity index (χ0n) is 10.8. The summed E-state index contributed by atoms with van der Waals surface area (Å²) in [4.78, 5) is 0. The van der Waals surface area contributed by atoms with Gasteiger partial charge in [-0.2, -0.15) is 0 Å². The number of hydrogen-bond donors (Lipinski definition) is 0. The Hall–Kier alpha value is 0. The maximum atomic E-state index is 2.18. The largest absolute Gasteiger partial charge is 0.0776 e. The lowest BCUT2D eigenvalue weighted by atomic mass is 10.4. The van der Waals surface area contributed by atoms with Gasteiger partial charge in [0.05, 0.1) is 0 Å². The quantitative estimate of drug-likeness (QED) is 0.457. The fraction of sp³-hybridized carbons (Fsp3) is 1.00. The Kier molecular flexibility index (Phi) is 204. The van der Waals surface area contributed by atoms with E-state index in [0.717, 1.165) is 0 Å². The third-order valence-electron chi connectivity index (χ3n) is 0.500. The molecule has 0 saturated carbocycles. The Morgan fingerprint density at radius 1 is 0.538 bits per heavy atom. The van der Waals surface area contributed by atoms with Crippen LogP contribution in [0.25, 0.3) is 0 Å². The van der Waals surface area contributed by atoms with E-state index in [1.54, 1.807) is 0 Å². The lowest BCUT2D eigenvalue weighted by Gasteiger charge is -1.68. The lowest BCUT2D eigenvalue weighted by molar-refractivity contribution is 0.886. The molecule has 0 aliphatic rings. The van der Waals surface area contributed by atoms with E-state index in [2.05, 4.69) is 41.5 Å². The van der Waals surface area contributed by atoms with Crippen molar-refractivity contribution in [1.29, 1.82) is 0 Å². The van der Waals surface area contributed by atoms with Crippen molar-refractivity contribution >= 4 is 0 Å². The van der Waals surface area contributed by atoms with Gasteiger partial charge in [-0.25, -0.2) is 0 Å². The van der Waals surface area contributed by atoms with Crippen LogP contribution in [0.1, 0.15) is 88.5 Å². The van der Waals surface area contributed by atoms with Gasteiger partial charge in [0.2, 0.25) is 0 Å². The van der Waals surface area contributed by atoms with Crippen molar-refractivity contribution in [2.24, 2.45) is 0 Å². The predicted octanol–water partition coefficient (Wildman–Crippen LogP) is 6.30. The molecule has 0 aromatic carbocycles. The molecule has 0 radical (unpaired) electrons. The highest BCUT2D eigenvalue weighted by atomic mass is 13.6. The zero-order valence-corrected chi connectivity index (χ0v) is 10.8. The molecule has 13 heavy (non-hydrogen) atoms. The third kappa shape index (κ3) is 1200. The second-order valence-corrected chi connectivity index (χ2v) is 2.41. The van der Waals surface area contributed by atoms with Crippen LogP contribution >= 0.6 is 0 Å². The Bertz CT molecular complexity index is 12.0. The van der Waals surface area contributed by atoms with Gasteiger partial charge in [-0.3, -0.25) is 0 Å². The molecular weight excluding hydrogens is 156 g/mol. The summed E-state index contributed by atoms with van der Waals surface area (Å²) in [5.74, 6) is 0. The van der Waals surface area contributed by atoms with Crippen LogP contribution in [0.15, 0.2) is 0 Å². The SMILES string of the molecule is C.CC.CCC.CCC.CCCC. The van der Waals surface area contributed by atoms with Crippen molar-refractivity contribution in [1.82, 2.24) is 0 Å². The number of unbranched alkanes of at least 4 members (excludes halogenated alkanes) is 1. The summed E-state index contributed by atoms with van der Waals surface area (Å²) in [5.41, 5.74) is 0. The van der Waals surface area contributed by atoms with E-state index < -0.39 is 0 Å². The highest BCUT2D eigenvalue weighted by Crippen LogP contribution is 1.76. The highest BCUT2D eigenvalue weighted by Gasteiger charge is 1.56. The maximum Gasteiger partial charge on any atom is -0.0564 e. The van der Waals surface area contributed by atoms with Gasteiger partial charge >= 0.3 is 0 Å². The molecule has 0 nitrogen and oxygen atoms in total. The summed E-state index contributed by atoms with van der Waals surface area (Å²) in [6.07, 6.45) is 5.14. The first-order valence-corrected chi connectivity index (χ1v) is 5.74. The molecule has 0 aliphatic carbocycles. The Balaban J connectivity index is -0.0000000220. The van der Waals surface area contributed by atoms with Crippen LogP contribution < -0.4 is 0 Å². The first kappa shape index (κ1) is 29.2. The van der Waals surface area contributed by atoms with E-state index in [1.807, 2.05) is 13.8 Å². The predicted molar refractivity (Wildman–Crippen MR) is 70.6 cm³/mol. The summed E-state index contributed by atoms with van der Waals surface area (Å²) in [7, 11) is 0. The minimum atomic E-state index is 0. The van der Waals surface area contributed by atoms with Crippen LogP contribution in [-0.4, -0.2) is 0 Å². The average molecular weight is 192 g/mol. The summed E-state index contributed by atoms with van der Waals surface area (Å²) < 4.78 is 0. The fourth-order valence-electron chi connectivity index (χ4n) is 0. The lowest BCUT2D eigenvalue weighted by Crippen LogP contribution is -1.47. The fourth-order valence-corrected chi connectivity index (χ4v) is 0. The Labute approximate surface area is 89.1 Å². The van der Waals surface area contributed by atoms with Crippen molar-refractivity contribution in [3.05, 3.63) is 0 Å². The molecule has 0 aromatic heterocycles. The molecule has 0 saturated heterocycles. The highest BCUT2D eigenvalue weighted by molar-refractivity contribution is 4.12. The van der Waals surface area contributed by atoms with E-state index in [9.17, 15) is 0 Å². The molecule has 0 fully saturated rings. The van der Waals surface area contributed by atoms with E-state index >= 15 is 0 Å². The van der Waals surface area contributed by atoms with Gasteiger partial charge in [0.25, 0.3) is 0 Å². The average Bonchev–Trinajstić information content (AvgIpc) is 2.10. The third-order valence-corrected chi connectivity index (χ3v) is 0.500. The standard InChI is InChI=1S/C4H10.2C3H8.C2H6.CH4/c1-3-4-2;2*1-3-2;1-2;/h3-4H2,1-2H3;2*3H2,1-2H3;1-2H3;1H4. The van der Waals surface area contributed by atoms with Crippen molar-refractivity contribution < 1.29 is 0 Å². The van der Waals surface area contributed by atoms with Gasteiger partial charge < -0.3 is 0 Å². The van der Waals surface area contributed by atoms with Gasteiger partial charge in [-0.05, 0) is 0 Å². The topological polar surface area (TPSA) is 0 Å². The molecule has 0 N–H and O–H groups in total. The Morgan fingerprint density at radius 2 is 0.615 bits per heavy atom. The molecule has 0 aliphatic heterocycles. The molecule has 0 unspecified atom stereocenters. The molecule has 0 bridgehead atoms. The van der Waals surface area contributed by atoms with Gasteiger partial charge in [0.1, 0.15) is 0 Å². The molecule has 0 heterocycles. The number of hydrogen-bond acceptors (Lipinski definition) is 0. The minimum Gasteiger partial charge on any atom is -0.0776 e. The molecular formula is C13H36. The van der Waals surface area contributed by atoms with Crippen molar-refractivity contribution in [3.8, 4) is 0 Å². The monoisotopic (exact) mass is 192 g/mol. The van der Waals surface area contributed by atoms with E-state index in [-0.39, 0.29) is 7.43 Å². The molecule has 0 rings (SSSR count). The molecule has 0 heteroatoms. The number of rotatable bonds is 1. The van der Waals surface area contributed by atoms with Gasteiger partial charge in [-0.1, -0.05) is 88.5 Å². The molecule has 0 amide bonds. The summed E-state index contributed by atoms with van der Waals surface area (Å²) in [5, 5.41) is 0. The van der Waals surface area contributed by atoms with Crippen LogP contribution in [0, 0.1) is 0 Å². The van der Waals surface area contributed by atoms with Crippen molar-refractivity contribution in [2.45, 2.75) is 88.5 Å². The van der Waals surface area contributed by atoms with Crippen LogP contribution in [0.5, 0.6) is 0 Å². The van der Waals surface area contributed by atoms with Crippen LogP contribution in [-0.2, 0) is 0 Å². The van der Waals surface area contributed by atoms with Crippen molar-refractivity contribution in [3.63, 3.8) is 0 Å². The van der Waals surface area contributed by atoms with Crippen molar-refractivity contribution in [2.75, 3.05) is 0 Å². The van der Waals surface area contributed by atoms with Gasteiger partial charge in [-0.15, -0.1) is 0 Å². The van der Waals surface area contributed by atoms with Crippen LogP contribution in [0.3, 0.4) is 0 Å². The smallest absolute Gasteiger partial charge is 0.0564 e. The normalized spacial score (nSPS) is 5.54.